The third-order valence-electron chi connectivity index (χ3n) is 2.94. The minimum Gasteiger partial charge on any atom is -0.469 e. The van der Waals surface area contributed by atoms with Gasteiger partial charge in [0.15, 0.2) is 0 Å². The lowest BCUT2D eigenvalue weighted by molar-refractivity contribution is 0.481. The molecule has 1 aromatic rings. The molecule has 0 spiro atoms. The van der Waals surface area contributed by atoms with Crippen LogP contribution in [0, 0.1) is 0 Å². The fourth-order valence-corrected chi connectivity index (χ4v) is 1.99. The van der Waals surface area contributed by atoms with Gasteiger partial charge in [-0.15, -0.1) is 0 Å². The Morgan fingerprint density at radius 3 is 3.12 bits per heavy atom. The summed E-state index contributed by atoms with van der Waals surface area (Å²) in [6.45, 7) is 3.20. The molecule has 2 rings (SSSR count). The summed E-state index contributed by atoms with van der Waals surface area (Å²) >= 11 is 0. The largest absolute Gasteiger partial charge is 0.469 e. The molecule has 0 fully saturated rings. The molecule has 3 nitrogen and oxygen atoms in total. The fraction of sp³-hybridized carbons (Fsp3) is 0.615. The second-order valence-corrected chi connectivity index (χ2v) is 4.45. The van der Waals surface area contributed by atoms with Crippen LogP contribution in [0.15, 0.2) is 27.8 Å². The highest BCUT2D eigenvalue weighted by molar-refractivity contribution is 5.82. The van der Waals surface area contributed by atoms with Gasteiger partial charge in [-0.2, -0.15) is 0 Å². The van der Waals surface area contributed by atoms with Crippen LogP contribution in [0.4, 0.5) is 0 Å². The van der Waals surface area contributed by atoms with Crippen LogP contribution in [0.1, 0.15) is 38.4 Å². The maximum atomic E-state index is 5.32. The van der Waals surface area contributed by atoms with Crippen LogP contribution in [0.3, 0.4) is 0 Å². The maximum absolute atomic E-state index is 5.32. The van der Waals surface area contributed by atoms with Crippen molar-refractivity contribution in [3.05, 3.63) is 24.2 Å². The first-order valence-corrected chi connectivity index (χ1v) is 6.17. The van der Waals surface area contributed by atoms with Crippen LogP contribution in [-0.4, -0.2) is 18.4 Å². The van der Waals surface area contributed by atoms with Gasteiger partial charge in [0.1, 0.15) is 5.76 Å². The van der Waals surface area contributed by atoms with Crippen molar-refractivity contribution >= 4 is 5.84 Å². The molecule has 0 aliphatic carbocycles. The lowest BCUT2D eigenvalue weighted by Gasteiger charge is -2.19. The van der Waals surface area contributed by atoms with E-state index < -0.39 is 0 Å². The summed E-state index contributed by atoms with van der Waals surface area (Å²) in [6.07, 6.45) is 7.45. The van der Waals surface area contributed by atoms with Crippen LogP contribution in [0.2, 0.25) is 0 Å². The fourth-order valence-electron chi connectivity index (χ4n) is 1.99. The van der Waals surface area contributed by atoms with E-state index in [9.17, 15) is 0 Å². The number of rotatable bonds is 4. The van der Waals surface area contributed by atoms with Gasteiger partial charge in [0.25, 0.3) is 0 Å². The van der Waals surface area contributed by atoms with Gasteiger partial charge in [0.05, 0.1) is 12.1 Å². The Kier molecular flexibility index (Phi) is 4.03. The molecule has 1 atom stereocenters. The van der Waals surface area contributed by atoms with E-state index in [1.807, 2.05) is 12.1 Å². The van der Waals surface area contributed by atoms with Gasteiger partial charge in [-0.1, -0.05) is 0 Å². The predicted octanol–water partition coefficient (Wildman–Crippen LogP) is 2.77. The van der Waals surface area contributed by atoms with Crippen LogP contribution < -0.4 is 5.32 Å². The van der Waals surface area contributed by atoms with E-state index in [4.69, 9.17) is 4.42 Å². The number of aryl methyl sites for hydroxylation is 1. The molecule has 1 aliphatic rings. The molecular weight excluding hydrogens is 200 g/mol. The molecule has 0 radical (unpaired) electrons. The van der Waals surface area contributed by atoms with Crippen molar-refractivity contribution in [2.45, 2.75) is 45.1 Å². The average Bonchev–Trinajstić information content (AvgIpc) is 2.81. The Labute approximate surface area is 96.9 Å². The van der Waals surface area contributed by atoms with E-state index in [1.165, 1.54) is 18.7 Å². The van der Waals surface area contributed by atoms with Crippen molar-refractivity contribution < 1.29 is 4.42 Å². The Morgan fingerprint density at radius 1 is 1.50 bits per heavy atom. The number of nitrogens with one attached hydrogen (secondary N) is 1. The molecular formula is C13H20N2O. The lowest BCUT2D eigenvalue weighted by atomic mass is 10.1. The standard InChI is InChI=1S/C13H20N2O/c1-11(7-8-12-5-4-10-16-12)15-13-6-2-3-9-14-13/h4-5,10-11H,2-3,6-9H2,1H3,(H,14,15). The van der Waals surface area contributed by atoms with Gasteiger partial charge in [-0.3, -0.25) is 4.99 Å². The zero-order chi connectivity index (χ0) is 11.2. The highest BCUT2D eigenvalue weighted by Gasteiger charge is 2.09. The SMILES string of the molecule is CC(CCc1ccco1)NC1=NCCCC1. The van der Waals surface area contributed by atoms with Gasteiger partial charge in [-0.05, 0) is 38.3 Å². The zero-order valence-corrected chi connectivity index (χ0v) is 9.91. The number of nitrogens with zero attached hydrogens (tertiary/aromatic N) is 1. The minimum atomic E-state index is 0.474. The smallest absolute Gasteiger partial charge is 0.103 e. The number of hydrogen-bond donors (Lipinski definition) is 1. The lowest BCUT2D eigenvalue weighted by Crippen LogP contribution is -2.34. The molecule has 0 saturated carbocycles. The molecule has 3 heteroatoms. The zero-order valence-electron chi connectivity index (χ0n) is 9.91. The Bertz CT molecular complexity index is 330. The topological polar surface area (TPSA) is 37.5 Å². The summed E-state index contributed by atoms with van der Waals surface area (Å²) in [6, 6.07) is 4.45. The van der Waals surface area contributed by atoms with E-state index in [1.54, 1.807) is 6.26 Å². The van der Waals surface area contributed by atoms with Crippen LogP contribution in [-0.2, 0) is 6.42 Å². The molecule has 2 heterocycles. The van der Waals surface area contributed by atoms with Crippen LogP contribution in [0.25, 0.3) is 0 Å². The average molecular weight is 220 g/mol. The van der Waals surface area contributed by atoms with E-state index >= 15 is 0 Å². The van der Waals surface area contributed by atoms with Crippen LogP contribution >= 0.6 is 0 Å². The first kappa shape index (κ1) is 11.2. The summed E-state index contributed by atoms with van der Waals surface area (Å²) in [7, 11) is 0. The second kappa shape index (κ2) is 5.73. The van der Waals surface area contributed by atoms with Crippen molar-refractivity contribution in [3.63, 3.8) is 0 Å². The molecule has 0 saturated heterocycles. The minimum absolute atomic E-state index is 0.474. The summed E-state index contributed by atoms with van der Waals surface area (Å²) in [5.74, 6) is 2.26. The van der Waals surface area contributed by atoms with Gasteiger partial charge in [0.2, 0.25) is 0 Å². The van der Waals surface area contributed by atoms with E-state index in [0.717, 1.165) is 31.6 Å². The molecule has 1 unspecified atom stereocenters. The molecule has 0 bridgehead atoms. The van der Waals surface area contributed by atoms with Crippen LogP contribution in [0.5, 0.6) is 0 Å². The highest BCUT2D eigenvalue weighted by atomic mass is 16.3. The second-order valence-electron chi connectivity index (χ2n) is 4.45. The summed E-state index contributed by atoms with van der Waals surface area (Å²) < 4.78 is 5.32. The van der Waals surface area contributed by atoms with Gasteiger partial charge in [0, 0.05) is 25.4 Å². The van der Waals surface area contributed by atoms with Crippen molar-refractivity contribution in [1.82, 2.24) is 5.32 Å². The van der Waals surface area contributed by atoms with Gasteiger partial charge >= 0.3 is 0 Å². The summed E-state index contributed by atoms with van der Waals surface area (Å²) in [5.41, 5.74) is 0. The molecule has 1 N–H and O–H groups in total. The Hall–Kier alpha value is -1.25. The molecule has 1 aliphatic heterocycles. The normalized spacial score (nSPS) is 17.9. The summed E-state index contributed by atoms with van der Waals surface area (Å²) in [4.78, 5) is 4.50. The Morgan fingerprint density at radius 2 is 2.44 bits per heavy atom. The van der Waals surface area contributed by atoms with Crippen molar-refractivity contribution in [1.29, 1.82) is 0 Å². The van der Waals surface area contributed by atoms with Crippen molar-refractivity contribution in [3.8, 4) is 0 Å². The number of furan rings is 1. The van der Waals surface area contributed by atoms with Gasteiger partial charge < -0.3 is 9.73 Å². The monoisotopic (exact) mass is 220 g/mol. The molecule has 1 aromatic heterocycles. The first-order valence-electron chi connectivity index (χ1n) is 6.17. The molecule has 16 heavy (non-hydrogen) atoms. The number of aliphatic imine (C=N–C) groups is 1. The number of hydrogen-bond acceptors (Lipinski definition) is 3. The third-order valence-corrected chi connectivity index (χ3v) is 2.94. The molecule has 0 amide bonds. The Balaban J connectivity index is 1.71. The third kappa shape index (κ3) is 3.40. The maximum Gasteiger partial charge on any atom is 0.103 e. The van der Waals surface area contributed by atoms with E-state index in [-0.39, 0.29) is 0 Å². The highest BCUT2D eigenvalue weighted by Crippen LogP contribution is 2.08. The van der Waals surface area contributed by atoms with Crippen molar-refractivity contribution in [2.75, 3.05) is 6.54 Å². The van der Waals surface area contributed by atoms with E-state index in [0.29, 0.717) is 6.04 Å². The van der Waals surface area contributed by atoms with Crippen molar-refractivity contribution in [2.24, 2.45) is 4.99 Å². The molecule has 88 valence electrons. The first-order chi connectivity index (χ1) is 7.84. The molecule has 0 aromatic carbocycles. The van der Waals surface area contributed by atoms with Gasteiger partial charge in [-0.25, -0.2) is 0 Å². The predicted molar refractivity (Wildman–Crippen MR) is 65.8 cm³/mol. The van der Waals surface area contributed by atoms with E-state index in [2.05, 4.69) is 17.2 Å². The summed E-state index contributed by atoms with van der Waals surface area (Å²) in [5, 5.41) is 3.49. The quantitative estimate of drug-likeness (QED) is 0.847. The number of amidine groups is 1.